The number of rotatable bonds is 23. The van der Waals surface area contributed by atoms with Gasteiger partial charge >= 0.3 is 7.82 Å². The van der Waals surface area contributed by atoms with Crippen molar-refractivity contribution in [1.82, 2.24) is 14.6 Å². The number of ether oxygens (including phenoxy) is 4. The fourth-order valence-corrected chi connectivity index (χ4v) is 8.15. The van der Waals surface area contributed by atoms with Gasteiger partial charge in [-0.2, -0.15) is 10.4 Å². The number of nitrogen functional groups attached to an aromatic ring is 1. The van der Waals surface area contributed by atoms with E-state index in [9.17, 15) is 19.1 Å². The van der Waals surface area contributed by atoms with E-state index in [-0.39, 0.29) is 25.4 Å². The Morgan fingerprint density at radius 3 is 2.37 bits per heavy atom. The van der Waals surface area contributed by atoms with Gasteiger partial charge in [0.2, 0.25) is 0 Å². The molecule has 3 aromatic rings. The van der Waals surface area contributed by atoms with Gasteiger partial charge in [-0.1, -0.05) is 84.0 Å². The summed E-state index contributed by atoms with van der Waals surface area (Å²) in [6, 6.07) is 9.59. The van der Waals surface area contributed by atoms with Crippen molar-refractivity contribution in [3.05, 3.63) is 59.3 Å². The monoisotopic (exact) mass is 773 g/mol. The molecule has 0 radical (unpaired) electrons. The maximum atomic E-state index is 14.1. The van der Waals surface area contributed by atoms with Gasteiger partial charge in [0.25, 0.3) is 0 Å². The molecule has 298 valence electrons. The predicted octanol–water partition coefficient (Wildman–Crippen LogP) is 8.48. The Morgan fingerprint density at radius 2 is 1.69 bits per heavy atom. The summed E-state index contributed by atoms with van der Waals surface area (Å²) in [6.45, 7) is 6.98. The molecule has 2 fully saturated rings. The number of hydrogen-bond donors (Lipinski definition) is 2. The molecule has 5 rings (SSSR count). The lowest BCUT2D eigenvalue weighted by molar-refractivity contribution is -0.212. The molecule has 0 spiro atoms. The van der Waals surface area contributed by atoms with Gasteiger partial charge in [0.1, 0.15) is 41.6 Å². The average Bonchev–Trinajstić information content (AvgIpc) is 3.79. The van der Waals surface area contributed by atoms with Gasteiger partial charge in [0.05, 0.1) is 43.3 Å². The van der Waals surface area contributed by atoms with E-state index in [0.29, 0.717) is 29.0 Å². The lowest BCUT2D eigenvalue weighted by Crippen LogP contribution is -2.44. The second kappa shape index (κ2) is 19.2. The Labute approximate surface area is 318 Å². The number of nitrogens with zero attached hydrogens (tertiary/aromatic N) is 4. The maximum absolute atomic E-state index is 14.1. The Bertz CT molecular complexity index is 1750. The number of aromatic nitrogens is 3. The number of hydrogen-bond acceptors (Lipinski definition) is 11. The van der Waals surface area contributed by atoms with Crippen LogP contribution in [0.1, 0.15) is 134 Å². The van der Waals surface area contributed by atoms with E-state index in [4.69, 9.17) is 33.7 Å². The van der Waals surface area contributed by atoms with Crippen molar-refractivity contribution in [1.29, 1.82) is 5.26 Å². The molecular weight excluding hydrogens is 716 g/mol. The number of unbranched alkanes of at least 4 members (excludes halogenated alkanes) is 11. The lowest BCUT2D eigenvalue weighted by atomic mass is 9.97. The molecule has 2 saturated heterocycles. The molecule has 1 unspecified atom stereocenters. The molecule has 0 saturated carbocycles. The van der Waals surface area contributed by atoms with Gasteiger partial charge < -0.3 is 29.6 Å². The number of fused-ring (bicyclic) bond motifs is 2. The van der Waals surface area contributed by atoms with Crippen LogP contribution in [0, 0.1) is 17.1 Å². The first kappa shape index (κ1) is 42.2. The molecule has 0 amide bonds. The molecule has 15 heteroatoms. The molecule has 3 N–H and O–H groups in total. The highest BCUT2D eigenvalue weighted by Gasteiger charge is 2.62. The van der Waals surface area contributed by atoms with E-state index in [2.05, 4.69) is 17.0 Å². The second-order valence-electron chi connectivity index (χ2n) is 15.2. The van der Waals surface area contributed by atoms with Crippen molar-refractivity contribution in [3.8, 4) is 6.07 Å². The molecule has 0 aliphatic carbocycles. The zero-order chi connectivity index (χ0) is 38.8. The van der Waals surface area contributed by atoms with Crippen molar-refractivity contribution in [2.45, 2.75) is 154 Å². The van der Waals surface area contributed by atoms with Crippen LogP contribution >= 0.6 is 7.82 Å². The molecular formula is C39H57FN5O8P. The highest BCUT2D eigenvalue weighted by atomic mass is 31.2. The lowest BCUT2D eigenvalue weighted by Gasteiger charge is -2.31. The third-order valence-corrected chi connectivity index (χ3v) is 11.0. The third-order valence-electron chi connectivity index (χ3n) is 10.1. The van der Waals surface area contributed by atoms with Gasteiger partial charge in [0.15, 0.2) is 11.6 Å². The largest absolute Gasteiger partial charge is 0.472 e. The Hall–Kier alpha value is -2.99. The summed E-state index contributed by atoms with van der Waals surface area (Å²) in [7, 11) is -4.62. The minimum Gasteiger partial charge on any atom is -0.382 e. The van der Waals surface area contributed by atoms with Crippen LogP contribution in [-0.2, 0) is 39.2 Å². The molecule has 2 aliphatic heterocycles. The minimum absolute atomic E-state index is 0.00376. The van der Waals surface area contributed by atoms with Crippen LogP contribution in [0.5, 0.6) is 0 Å². The molecule has 6 atom stereocenters. The summed E-state index contributed by atoms with van der Waals surface area (Å²) in [6.07, 6.45) is 13.8. The Kier molecular flexibility index (Phi) is 15.0. The third kappa shape index (κ3) is 11.5. The summed E-state index contributed by atoms with van der Waals surface area (Å²) in [5.74, 6) is -1.18. The molecule has 2 aromatic heterocycles. The zero-order valence-electron chi connectivity index (χ0n) is 32.1. The number of nitrogens with two attached hydrogens (primary N) is 1. The van der Waals surface area contributed by atoms with E-state index >= 15 is 0 Å². The fraction of sp³-hybridized carbons (Fsp3) is 0.667. The van der Waals surface area contributed by atoms with Crippen LogP contribution in [0.15, 0.2) is 36.7 Å². The van der Waals surface area contributed by atoms with Crippen molar-refractivity contribution in [2.75, 3.05) is 18.9 Å². The van der Waals surface area contributed by atoms with Crippen molar-refractivity contribution in [2.24, 2.45) is 0 Å². The molecule has 4 heterocycles. The van der Waals surface area contributed by atoms with Gasteiger partial charge in [-0.15, -0.1) is 0 Å². The van der Waals surface area contributed by atoms with Gasteiger partial charge in [0, 0.05) is 0 Å². The number of halogens is 1. The number of nitriles is 1. The first-order valence-electron chi connectivity index (χ1n) is 19.4. The molecule has 1 aromatic carbocycles. The minimum atomic E-state index is -4.62. The van der Waals surface area contributed by atoms with Crippen molar-refractivity contribution in [3.63, 3.8) is 0 Å². The summed E-state index contributed by atoms with van der Waals surface area (Å²) < 4.78 is 65.3. The van der Waals surface area contributed by atoms with E-state index in [1.807, 2.05) is 12.1 Å². The number of benzene rings is 1. The Balaban J connectivity index is 1.16. The van der Waals surface area contributed by atoms with E-state index in [1.165, 1.54) is 63.8 Å². The standard InChI is InChI=1S/C39H57FN5O8P/c1-5-6-7-8-9-10-11-12-13-14-15-16-17-31(48-24-29-20-28(23-41)21-30(40)22-29)25-49-54(46,47)50-26-39(4)36-35(51-38(2,3)53-36)34(52-39)32-18-19-33-37(42)43-27-44-45(32)33/h18-22,27,31,34-36H,5-17,24-26H2,1-4H3,(H,46,47)(H2,42,43,44)/t31-,34-,35-,36-,39+/m0/s1. The highest BCUT2D eigenvalue weighted by molar-refractivity contribution is 7.47. The maximum Gasteiger partial charge on any atom is 0.472 e. The fourth-order valence-electron chi connectivity index (χ4n) is 7.30. The van der Waals surface area contributed by atoms with Crippen LogP contribution in [0.4, 0.5) is 10.2 Å². The molecule has 54 heavy (non-hydrogen) atoms. The zero-order valence-corrected chi connectivity index (χ0v) is 33.0. The first-order valence-corrected chi connectivity index (χ1v) is 20.9. The Morgan fingerprint density at radius 1 is 1.00 bits per heavy atom. The highest BCUT2D eigenvalue weighted by Crippen LogP contribution is 2.52. The topological polar surface area (TPSA) is 173 Å². The number of phosphoric ester groups is 1. The second-order valence-corrected chi connectivity index (χ2v) is 16.6. The van der Waals surface area contributed by atoms with Crippen LogP contribution in [-0.4, -0.2) is 62.4 Å². The van der Waals surface area contributed by atoms with Crippen LogP contribution in [0.2, 0.25) is 0 Å². The first-order chi connectivity index (χ1) is 25.8. The van der Waals surface area contributed by atoms with Crippen LogP contribution in [0.25, 0.3) is 5.52 Å². The van der Waals surface area contributed by atoms with E-state index < -0.39 is 49.4 Å². The predicted molar refractivity (Wildman–Crippen MR) is 201 cm³/mol. The van der Waals surface area contributed by atoms with E-state index in [0.717, 1.165) is 31.7 Å². The normalized spacial score (nSPS) is 23.7. The van der Waals surface area contributed by atoms with Gasteiger partial charge in [-0.25, -0.2) is 18.5 Å². The quantitative estimate of drug-likeness (QED) is 0.0696. The van der Waals surface area contributed by atoms with Crippen molar-refractivity contribution < 1.29 is 41.8 Å². The average molecular weight is 774 g/mol. The summed E-state index contributed by atoms with van der Waals surface area (Å²) in [4.78, 5) is 14.9. The summed E-state index contributed by atoms with van der Waals surface area (Å²) >= 11 is 0. The van der Waals surface area contributed by atoms with Gasteiger partial charge in [-0.05, 0) is 63.1 Å². The molecule has 2 aliphatic rings. The molecule has 13 nitrogen and oxygen atoms in total. The summed E-state index contributed by atoms with van der Waals surface area (Å²) in [5, 5.41) is 13.6. The number of anilines is 1. The van der Waals surface area contributed by atoms with Crippen LogP contribution in [0.3, 0.4) is 0 Å². The molecule has 0 bridgehead atoms. The summed E-state index contributed by atoms with van der Waals surface area (Å²) in [5.41, 5.74) is 6.77. The van der Waals surface area contributed by atoms with Crippen molar-refractivity contribution >= 4 is 19.2 Å². The smallest absolute Gasteiger partial charge is 0.382 e. The van der Waals surface area contributed by atoms with E-state index in [1.54, 1.807) is 37.4 Å². The number of phosphoric acid groups is 1. The van der Waals surface area contributed by atoms with Crippen LogP contribution < -0.4 is 5.73 Å². The van der Waals surface area contributed by atoms with Gasteiger partial charge in [-0.3, -0.25) is 9.05 Å². The SMILES string of the molecule is CCCCCCCCCCCCCC[C@@H](COP(=O)(O)OC[C@@]1(C)O[C@@H](c2ccc3c(N)ncnn23)[C@@H]2OC(C)(C)O[C@@H]21)OCc1cc(F)cc(C#N)c1.